The van der Waals surface area contributed by atoms with Crippen molar-refractivity contribution in [1.29, 1.82) is 0 Å². The molecule has 0 radical (unpaired) electrons. The number of thiophene rings is 1. The average molecular weight is 767 g/mol. The van der Waals surface area contributed by atoms with E-state index in [2.05, 4.69) is 22.5 Å². The van der Waals surface area contributed by atoms with Gasteiger partial charge in [0.2, 0.25) is 5.91 Å². The molecule has 0 unspecified atom stereocenters. The van der Waals surface area contributed by atoms with Crippen LogP contribution in [0.25, 0.3) is 0 Å². The Balaban J connectivity index is 1.20. The van der Waals surface area contributed by atoms with Crippen LogP contribution in [0.4, 0.5) is 10.7 Å². The summed E-state index contributed by atoms with van der Waals surface area (Å²) in [5, 5.41) is 24.7. The lowest BCUT2D eigenvalue weighted by molar-refractivity contribution is -0.140. The van der Waals surface area contributed by atoms with Gasteiger partial charge < -0.3 is 25.7 Å². The number of benzene rings is 3. The zero-order chi connectivity index (χ0) is 39.3. The summed E-state index contributed by atoms with van der Waals surface area (Å²) < 4.78 is 0. The molecule has 0 aliphatic heterocycles. The third-order valence-electron chi connectivity index (χ3n) is 9.83. The van der Waals surface area contributed by atoms with E-state index in [9.17, 15) is 24.0 Å². The minimum Gasteiger partial charge on any atom is -0.481 e. The van der Waals surface area contributed by atoms with Crippen molar-refractivity contribution in [1.82, 2.24) is 9.80 Å². The Morgan fingerprint density at radius 3 is 2.11 bits per heavy atom. The van der Waals surface area contributed by atoms with Crippen LogP contribution in [0.3, 0.4) is 0 Å². The molecule has 0 fully saturated rings. The monoisotopic (exact) mass is 766 g/mol. The highest BCUT2D eigenvalue weighted by molar-refractivity contribution is 7.17. The van der Waals surface area contributed by atoms with E-state index >= 15 is 0 Å². The molecule has 12 heteroatoms. The second-order valence-corrected chi connectivity index (χ2v) is 15.2. The third-order valence-corrected chi connectivity index (χ3v) is 11.0. The number of aromatic carboxylic acids is 1. The molecule has 0 atom stereocenters. The van der Waals surface area contributed by atoms with Crippen molar-refractivity contribution in [3.05, 3.63) is 117 Å². The molecule has 0 saturated heterocycles. The van der Waals surface area contributed by atoms with E-state index in [1.807, 2.05) is 54.6 Å². The van der Waals surface area contributed by atoms with Crippen molar-refractivity contribution in [3.63, 3.8) is 0 Å². The van der Waals surface area contributed by atoms with Gasteiger partial charge in [0.15, 0.2) is 0 Å². The lowest BCUT2D eigenvalue weighted by Gasteiger charge is -2.25. The Bertz CT molecular complexity index is 1970. The maximum absolute atomic E-state index is 13.9. The number of hydrogen-bond acceptors (Lipinski definition) is 7. The van der Waals surface area contributed by atoms with E-state index in [0.29, 0.717) is 41.4 Å². The normalized spacial score (nSPS) is 12.2. The molecular weight excluding hydrogens is 717 g/mol. The van der Waals surface area contributed by atoms with Crippen LogP contribution < -0.4 is 10.6 Å². The van der Waals surface area contributed by atoms with Gasteiger partial charge in [-0.2, -0.15) is 0 Å². The Labute approximate surface area is 326 Å². The van der Waals surface area contributed by atoms with Crippen LogP contribution in [0.5, 0.6) is 0 Å². The zero-order valence-corrected chi connectivity index (χ0v) is 32.4. The molecule has 0 bridgehead atoms. The summed E-state index contributed by atoms with van der Waals surface area (Å²) in [6, 6.07) is 22.2. The number of nitrogens with zero attached hydrogens (tertiary/aromatic N) is 2. The van der Waals surface area contributed by atoms with Crippen LogP contribution in [0.2, 0.25) is 0 Å². The molecule has 5 rings (SSSR count). The van der Waals surface area contributed by atoms with E-state index in [4.69, 9.17) is 10.2 Å². The minimum absolute atomic E-state index is 0.0291. The van der Waals surface area contributed by atoms with Crippen LogP contribution in [0, 0.1) is 0 Å². The quantitative estimate of drug-likeness (QED) is 0.0763. The van der Waals surface area contributed by atoms with Crippen LogP contribution in [-0.4, -0.2) is 76.4 Å². The van der Waals surface area contributed by atoms with Crippen molar-refractivity contribution in [3.8, 4) is 0 Å². The third kappa shape index (κ3) is 11.8. The lowest BCUT2D eigenvalue weighted by Crippen LogP contribution is -2.36. The van der Waals surface area contributed by atoms with E-state index < -0.39 is 11.9 Å². The first-order chi connectivity index (χ1) is 26.5. The van der Waals surface area contributed by atoms with Crippen molar-refractivity contribution in [2.45, 2.75) is 77.7 Å². The largest absolute Gasteiger partial charge is 0.481 e. The molecule has 4 N–H and O–H groups in total. The summed E-state index contributed by atoms with van der Waals surface area (Å²) in [4.78, 5) is 66.8. The fourth-order valence-electron chi connectivity index (χ4n) is 6.80. The Hall–Kier alpha value is -5.33. The van der Waals surface area contributed by atoms with Gasteiger partial charge in [0.25, 0.3) is 11.8 Å². The number of fused-ring (bicyclic) bond motifs is 1. The van der Waals surface area contributed by atoms with Crippen LogP contribution in [0.15, 0.2) is 72.8 Å². The topological polar surface area (TPSA) is 156 Å². The molecule has 0 spiro atoms. The number of carbonyl (C=O) groups is 5. The zero-order valence-electron chi connectivity index (χ0n) is 31.6. The number of nitrogens with one attached hydrogen (secondary N) is 2. The maximum atomic E-state index is 13.9. The number of likely N-dealkylation sites (N-methyl/N-ethyl adjacent to an activating group) is 1. The summed E-state index contributed by atoms with van der Waals surface area (Å²) in [6.07, 6.45) is 6.94. The number of carboxylic acids is 2. The average Bonchev–Trinajstić information content (AvgIpc) is 3.54. The van der Waals surface area contributed by atoms with E-state index in [0.717, 1.165) is 85.0 Å². The molecule has 1 aliphatic carbocycles. The van der Waals surface area contributed by atoms with Crippen molar-refractivity contribution < 1.29 is 34.2 Å². The second-order valence-electron chi connectivity index (χ2n) is 14.1. The Kier molecular flexibility index (Phi) is 14.7. The molecule has 11 nitrogen and oxygen atoms in total. The molecule has 3 aromatic carbocycles. The van der Waals surface area contributed by atoms with Crippen LogP contribution in [-0.2, 0) is 41.8 Å². The SMILES string of the molecule is CCCN(CCN(C)C(=O)CCC(=O)O)Cc1cccc(C(=O)Nc2sc3c(c2C(=O)Nc2ccc(CCCc4ccc(C(=O)O)cc4)cc2)CCCC3)c1. The van der Waals surface area contributed by atoms with Gasteiger partial charge in [-0.15, -0.1) is 11.3 Å². The van der Waals surface area contributed by atoms with Crippen molar-refractivity contribution >= 4 is 51.7 Å². The summed E-state index contributed by atoms with van der Waals surface area (Å²) in [5.74, 6) is -2.66. The lowest BCUT2D eigenvalue weighted by atomic mass is 9.95. The molecule has 290 valence electrons. The molecule has 3 amide bonds. The molecule has 55 heavy (non-hydrogen) atoms. The number of anilines is 2. The van der Waals surface area contributed by atoms with Gasteiger partial charge in [0, 0.05) is 49.2 Å². The summed E-state index contributed by atoms with van der Waals surface area (Å²) in [6.45, 7) is 4.52. The maximum Gasteiger partial charge on any atom is 0.335 e. The molecule has 1 aromatic heterocycles. The summed E-state index contributed by atoms with van der Waals surface area (Å²) >= 11 is 1.48. The Morgan fingerprint density at radius 1 is 0.745 bits per heavy atom. The van der Waals surface area contributed by atoms with E-state index in [1.54, 1.807) is 30.1 Å². The number of carbonyl (C=O) groups excluding carboxylic acids is 3. The van der Waals surface area contributed by atoms with Gasteiger partial charge in [-0.3, -0.25) is 24.1 Å². The fraction of sp³-hybridized carbons (Fsp3) is 0.372. The van der Waals surface area contributed by atoms with Crippen molar-refractivity contribution in [2.24, 2.45) is 0 Å². The van der Waals surface area contributed by atoms with E-state index in [1.165, 1.54) is 11.3 Å². The number of aliphatic carboxylic acids is 1. The predicted molar refractivity (Wildman–Crippen MR) is 215 cm³/mol. The molecular formula is C43H50N4O7S. The number of carboxylic acid groups (broad SMARTS) is 2. The molecule has 0 saturated carbocycles. The van der Waals surface area contributed by atoms with Gasteiger partial charge in [-0.1, -0.05) is 43.3 Å². The fourth-order valence-corrected chi connectivity index (χ4v) is 8.09. The van der Waals surface area contributed by atoms with Crippen LogP contribution >= 0.6 is 11.3 Å². The van der Waals surface area contributed by atoms with Gasteiger partial charge in [0.1, 0.15) is 5.00 Å². The molecule has 1 heterocycles. The first-order valence-corrected chi connectivity index (χ1v) is 19.8. The highest BCUT2D eigenvalue weighted by Crippen LogP contribution is 2.39. The summed E-state index contributed by atoms with van der Waals surface area (Å²) in [7, 11) is 1.68. The first kappa shape index (κ1) is 40.8. The predicted octanol–water partition coefficient (Wildman–Crippen LogP) is 7.54. The number of amides is 3. The number of aryl methyl sites for hydroxylation is 3. The highest BCUT2D eigenvalue weighted by Gasteiger charge is 2.27. The second kappa shape index (κ2) is 19.8. The highest BCUT2D eigenvalue weighted by atomic mass is 32.1. The molecule has 4 aromatic rings. The van der Waals surface area contributed by atoms with Gasteiger partial charge >= 0.3 is 11.9 Å². The van der Waals surface area contributed by atoms with Gasteiger partial charge in [-0.25, -0.2) is 4.79 Å². The van der Waals surface area contributed by atoms with Gasteiger partial charge in [-0.05, 0) is 117 Å². The van der Waals surface area contributed by atoms with Gasteiger partial charge in [0.05, 0.1) is 17.5 Å². The molecule has 1 aliphatic rings. The standard InChI is InChI=1S/C43H50N4O7S/c1-3-24-47(26-25-46(2)37(48)22-23-38(49)50)28-31-10-7-11-33(27-31)40(51)45-42-39(35-12-4-5-13-36(35)55-42)41(52)44-34-20-16-30(17-21-34)9-6-8-29-14-18-32(19-15-29)43(53)54/h7,10-11,14-21,27H,3-6,8-9,12-13,22-26,28H2,1-2H3,(H,44,52)(H,45,51)(H,49,50)(H,53,54). The van der Waals surface area contributed by atoms with Crippen LogP contribution in [0.1, 0.15) is 104 Å². The Morgan fingerprint density at radius 2 is 1.44 bits per heavy atom. The summed E-state index contributed by atoms with van der Waals surface area (Å²) in [5.41, 5.74) is 6.14. The first-order valence-electron chi connectivity index (χ1n) is 19.0. The van der Waals surface area contributed by atoms with E-state index in [-0.39, 0.29) is 36.1 Å². The number of rotatable bonds is 19. The number of hydrogen-bond donors (Lipinski definition) is 4. The minimum atomic E-state index is -0.993. The smallest absolute Gasteiger partial charge is 0.335 e. The van der Waals surface area contributed by atoms with Crippen molar-refractivity contribution in [2.75, 3.05) is 37.3 Å².